The van der Waals surface area contributed by atoms with Crippen LogP contribution in [0.3, 0.4) is 0 Å². The molecule has 7 rings (SSSR count). The number of anilines is 1. The number of piperazine rings is 1. The highest BCUT2D eigenvalue weighted by atomic mass is 16.5. The van der Waals surface area contributed by atoms with Crippen molar-refractivity contribution in [2.24, 2.45) is 11.8 Å². The van der Waals surface area contributed by atoms with E-state index in [4.69, 9.17) is 9.72 Å². The van der Waals surface area contributed by atoms with Crippen molar-refractivity contribution in [2.75, 3.05) is 31.1 Å². The number of pyridine rings is 2. The first-order valence-electron chi connectivity index (χ1n) is 14.1. The van der Waals surface area contributed by atoms with Crippen molar-refractivity contribution in [1.29, 1.82) is 5.26 Å². The van der Waals surface area contributed by atoms with Crippen LogP contribution in [0.1, 0.15) is 56.2 Å². The Morgan fingerprint density at radius 1 is 1.16 bits per heavy atom. The Kier molecular flexibility index (Phi) is 5.81. The van der Waals surface area contributed by atoms with Gasteiger partial charge >= 0.3 is 0 Å². The zero-order chi connectivity index (χ0) is 25.8. The van der Waals surface area contributed by atoms with Gasteiger partial charge in [-0.3, -0.25) is 9.78 Å². The molecule has 1 amide bonds. The molecule has 1 saturated heterocycles. The van der Waals surface area contributed by atoms with E-state index in [9.17, 15) is 10.1 Å². The Morgan fingerprint density at radius 3 is 2.79 bits per heavy atom. The molecular weight excluding hydrogens is 474 g/mol. The lowest BCUT2D eigenvalue weighted by Crippen LogP contribution is -2.57. The van der Waals surface area contributed by atoms with Gasteiger partial charge in [0.2, 0.25) is 5.91 Å². The maximum atomic E-state index is 13.4. The van der Waals surface area contributed by atoms with Crippen molar-refractivity contribution in [3.8, 4) is 17.2 Å². The van der Waals surface area contributed by atoms with E-state index >= 15 is 0 Å². The van der Waals surface area contributed by atoms with Crippen LogP contribution in [-0.4, -0.2) is 59.2 Å². The predicted molar refractivity (Wildman–Crippen MR) is 146 cm³/mol. The first-order chi connectivity index (χ1) is 18.7. The fraction of sp³-hybridized carbons (Fsp3) is 0.484. The van der Waals surface area contributed by atoms with Crippen LogP contribution in [0.25, 0.3) is 21.9 Å². The minimum Gasteiger partial charge on any atom is -0.378 e. The third-order valence-corrected chi connectivity index (χ3v) is 8.70. The summed E-state index contributed by atoms with van der Waals surface area (Å²) in [5.74, 6) is 2.05. The van der Waals surface area contributed by atoms with E-state index in [0.29, 0.717) is 37.1 Å². The Balaban J connectivity index is 1.25. The van der Waals surface area contributed by atoms with Crippen LogP contribution < -0.4 is 4.90 Å². The number of hydrogen-bond acceptors (Lipinski definition) is 6. The summed E-state index contributed by atoms with van der Waals surface area (Å²) >= 11 is 0. The summed E-state index contributed by atoms with van der Waals surface area (Å²) in [5.41, 5.74) is 3.72. The highest BCUT2D eigenvalue weighted by Gasteiger charge is 2.50. The zero-order valence-electron chi connectivity index (χ0n) is 21.8. The molecule has 3 aromatic rings. The van der Waals surface area contributed by atoms with Crippen molar-refractivity contribution in [2.45, 2.75) is 57.1 Å². The van der Waals surface area contributed by atoms with Crippen LogP contribution in [-0.2, 0) is 9.53 Å². The average Bonchev–Trinajstić information content (AvgIpc) is 3.81. The quantitative estimate of drug-likeness (QED) is 0.453. The molecule has 3 aliphatic carbocycles. The van der Waals surface area contributed by atoms with E-state index < -0.39 is 0 Å². The number of carbonyl (C=O) groups excluding carboxylic acids is 1. The normalized spacial score (nSPS) is 24.9. The van der Waals surface area contributed by atoms with Gasteiger partial charge in [0, 0.05) is 61.2 Å². The number of amides is 1. The Labute approximate surface area is 223 Å². The van der Waals surface area contributed by atoms with Crippen molar-refractivity contribution in [1.82, 2.24) is 14.9 Å². The van der Waals surface area contributed by atoms with Crippen LogP contribution in [0.5, 0.6) is 0 Å². The Morgan fingerprint density at radius 2 is 2.03 bits per heavy atom. The van der Waals surface area contributed by atoms with Gasteiger partial charge in [0.15, 0.2) is 0 Å². The molecule has 194 valence electrons. The van der Waals surface area contributed by atoms with Gasteiger partial charge in [0.25, 0.3) is 0 Å². The van der Waals surface area contributed by atoms with Crippen molar-refractivity contribution >= 4 is 22.5 Å². The summed E-state index contributed by atoms with van der Waals surface area (Å²) in [6, 6.07) is 13.1. The summed E-state index contributed by atoms with van der Waals surface area (Å²) < 4.78 is 5.73. The van der Waals surface area contributed by atoms with Gasteiger partial charge in [-0.1, -0.05) is 18.2 Å². The standard InChI is InChI=1S/C31H33N5O2/c1-2-38-29-15-25(29)31(37)36-13-12-35(18-28(36)20-8-9-20)30-26(16-32)24(14-27(34-30)19-6-7-19)23-5-3-4-21-17-33-11-10-22(21)23/h3-5,10-11,14,17,19-20,25,28-29H,2,6-9,12-13,15,18H2,1H3/t25-,28-,29-/m0/s1. The molecule has 2 aromatic heterocycles. The second kappa shape index (κ2) is 9.36. The van der Waals surface area contributed by atoms with Crippen molar-refractivity contribution in [3.63, 3.8) is 0 Å². The Bertz CT molecular complexity index is 1430. The molecule has 7 nitrogen and oxygen atoms in total. The minimum atomic E-state index is 0.0150. The highest BCUT2D eigenvalue weighted by Crippen LogP contribution is 2.45. The number of rotatable bonds is 7. The fourth-order valence-electron chi connectivity index (χ4n) is 6.25. The van der Waals surface area contributed by atoms with E-state index in [1.165, 1.54) is 0 Å². The molecule has 1 aromatic carbocycles. The lowest BCUT2D eigenvalue weighted by molar-refractivity contribution is -0.136. The van der Waals surface area contributed by atoms with Crippen LogP contribution in [0, 0.1) is 23.2 Å². The van der Waals surface area contributed by atoms with Gasteiger partial charge in [-0.05, 0) is 68.0 Å². The molecule has 1 aliphatic heterocycles. The van der Waals surface area contributed by atoms with Crippen LogP contribution in [0.2, 0.25) is 0 Å². The van der Waals surface area contributed by atoms with E-state index in [1.807, 2.05) is 31.5 Å². The maximum absolute atomic E-state index is 13.4. The molecule has 0 N–H and O–H groups in total. The van der Waals surface area contributed by atoms with Crippen LogP contribution in [0.4, 0.5) is 5.82 Å². The van der Waals surface area contributed by atoms with Crippen LogP contribution >= 0.6 is 0 Å². The summed E-state index contributed by atoms with van der Waals surface area (Å²) in [7, 11) is 0. The van der Waals surface area contributed by atoms with Gasteiger partial charge in [0.1, 0.15) is 17.5 Å². The maximum Gasteiger partial charge on any atom is 0.228 e. The van der Waals surface area contributed by atoms with Crippen molar-refractivity contribution < 1.29 is 9.53 Å². The predicted octanol–water partition coefficient (Wildman–Crippen LogP) is 4.90. The van der Waals surface area contributed by atoms with Gasteiger partial charge in [-0.2, -0.15) is 5.26 Å². The highest BCUT2D eigenvalue weighted by molar-refractivity contribution is 5.98. The molecule has 7 heteroatoms. The van der Waals surface area contributed by atoms with Gasteiger partial charge < -0.3 is 14.5 Å². The molecule has 4 aliphatic rings. The van der Waals surface area contributed by atoms with Crippen LogP contribution in [0.15, 0.2) is 42.7 Å². The molecule has 0 unspecified atom stereocenters. The molecule has 4 fully saturated rings. The number of carbonyl (C=O) groups is 1. The lowest BCUT2D eigenvalue weighted by Gasteiger charge is -2.43. The van der Waals surface area contributed by atoms with E-state index in [-0.39, 0.29) is 24.0 Å². The summed E-state index contributed by atoms with van der Waals surface area (Å²) in [6.07, 6.45) is 9.24. The number of nitrogens with zero attached hydrogens (tertiary/aromatic N) is 5. The van der Waals surface area contributed by atoms with Gasteiger partial charge in [-0.25, -0.2) is 4.98 Å². The molecular formula is C31H33N5O2. The molecule has 38 heavy (non-hydrogen) atoms. The van der Waals surface area contributed by atoms with Gasteiger partial charge in [0.05, 0.1) is 18.1 Å². The number of benzene rings is 1. The van der Waals surface area contributed by atoms with Gasteiger partial charge in [-0.15, -0.1) is 0 Å². The summed E-state index contributed by atoms with van der Waals surface area (Å²) in [5, 5.41) is 12.6. The smallest absolute Gasteiger partial charge is 0.228 e. The summed E-state index contributed by atoms with van der Waals surface area (Å²) in [4.78, 5) is 27.3. The SMILES string of the molecule is CCO[C@H]1C[C@@H]1C(=O)N1CCN(c2nc(C3CC3)cc(-c3cccc4cnccc34)c2C#N)C[C@H]1C1CC1. The van der Waals surface area contributed by atoms with Crippen molar-refractivity contribution in [3.05, 3.63) is 54.0 Å². The molecule has 0 bridgehead atoms. The topological polar surface area (TPSA) is 82.3 Å². The third kappa shape index (κ3) is 4.21. The molecule has 3 saturated carbocycles. The first kappa shape index (κ1) is 23.6. The Hall–Kier alpha value is -3.50. The average molecular weight is 508 g/mol. The second-order valence-corrected chi connectivity index (χ2v) is 11.3. The first-order valence-corrected chi connectivity index (χ1v) is 14.1. The molecule has 0 radical (unpaired) electrons. The van der Waals surface area contributed by atoms with E-state index in [1.54, 1.807) is 0 Å². The number of ether oxygens (including phenoxy) is 1. The third-order valence-electron chi connectivity index (χ3n) is 8.70. The fourth-order valence-corrected chi connectivity index (χ4v) is 6.25. The monoisotopic (exact) mass is 507 g/mol. The second-order valence-electron chi connectivity index (χ2n) is 11.3. The minimum absolute atomic E-state index is 0.0150. The number of fused-ring (bicyclic) bond motifs is 1. The number of nitriles is 1. The lowest BCUT2D eigenvalue weighted by atomic mass is 9.94. The number of hydrogen-bond donors (Lipinski definition) is 0. The van der Waals surface area contributed by atoms with E-state index in [2.05, 4.69) is 39.1 Å². The largest absolute Gasteiger partial charge is 0.378 e. The number of aromatic nitrogens is 2. The summed E-state index contributed by atoms with van der Waals surface area (Å²) in [6.45, 7) is 4.74. The molecule has 0 spiro atoms. The van der Waals surface area contributed by atoms with E-state index in [0.717, 1.165) is 72.1 Å². The molecule has 3 heterocycles. The zero-order valence-corrected chi connectivity index (χ0v) is 21.8. The molecule has 3 atom stereocenters.